The number of hydrogen-bond acceptors (Lipinski definition) is 4. The van der Waals surface area contributed by atoms with Gasteiger partial charge in [0.15, 0.2) is 0 Å². The van der Waals surface area contributed by atoms with Gasteiger partial charge in [0.05, 0.1) is 11.4 Å². The molecule has 0 aliphatic heterocycles. The summed E-state index contributed by atoms with van der Waals surface area (Å²) >= 11 is 0. The second-order valence-corrected chi connectivity index (χ2v) is 7.76. The van der Waals surface area contributed by atoms with Crippen LogP contribution in [0.2, 0.25) is 0 Å². The standard InChI is InChI=1S/C10H15FN2O4S2/c1-7(2)6-18(14,15)13-9-5-8(11)3-4-10(9)19(12,16)17/h3-5,7,13H,6H2,1-2H3,(H2,12,16,17). The van der Waals surface area contributed by atoms with Crippen LogP contribution in [0.1, 0.15) is 13.8 Å². The van der Waals surface area contributed by atoms with Crippen molar-refractivity contribution in [2.45, 2.75) is 18.7 Å². The highest BCUT2D eigenvalue weighted by Crippen LogP contribution is 2.22. The lowest BCUT2D eigenvalue weighted by Crippen LogP contribution is -2.22. The minimum atomic E-state index is -4.14. The summed E-state index contributed by atoms with van der Waals surface area (Å²) in [4.78, 5) is -0.471. The molecule has 108 valence electrons. The van der Waals surface area contributed by atoms with Crippen molar-refractivity contribution in [2.24, 2.45) is 11.1 Å². The summed E-state index contributed by atoms with van der Waals surface area (Å²) in [7, 11) is -7.91. The zero-order valence-electron chi connectivity index (χ0n) is 10.4. The average molecular weight is 310 g/mol. The van der Waals surface area contributed by atoms with E-state index in [1.165, 1.54) is 0 Å². The molecule has 0 saturated carbocycles. The minimum Gasteiger partial charge on any atom is -0.282 e. The van der Waals surface area contributed by atoms with Crippen molar-refractivity contribution in [3.05, 3.63) is 24.0 Å². The van der Waals surface area contributed by atoms with Crippen LogP contribution in [0.25, 0.3) is 0 Å². The van der Waals surface area contributed by atoms with Gasteiger partial charge in [0.2, 0.25) is 20.0 Å². The molecule has 0 unspecified atom stereocenters. The van der Waals surface area contributed by atoms with Crippen molar-refractivity contribution < 1.29 is 21.2 Å². The van der Waals surface area contributed by atoms with Gasteiger partial charge in [-0.05, 0) is 24.1 Å². The van der Waals surface area contributed by atoms with E-state index in [0.717, 1.165) is 18.2 Å². The Hall–Kier alpha value is -1.19. The van der Waals surface area contributed by atoms with E-state index < -0.39 is 30.8 Å². The molecular formula is C10H15FN2O4S2. The van der Waals surface area contributed by atoms with Gasteiger partial charge in [-0.25, -0.2) is 26.4 Å². The van der Waals surface area contributed by atoms with E-state index in [2.05, 4.69) is 0 Å². The lowest BCUT2D eigenvalue weighted by molar-refractivity contribution is 0.587. The van der Waals surface area contributed by atoms with Crippen molar-refractivity contribution in [1.82, 2.24) is 0 Å². The number of primary sulfonamides is 1. The highest BCUT2D eigenvalue weighted by Gasteiger charge is 2.20. The Bertz CT molecular complexity index is 669. The van der Waals surface area contributed by atoms with Crippen LogP contribution >= 0.6 is 0 Å². The first-order chi connectivity index (χ1) is 8.51. The molecule has 19 heavy (non-hydrogen) atoms. The second-order valence-electron chi connectivity index (χ2n) is 4.46. The Morgan fingerprint density at radius 3 is 2.32 bits per heavy atom. The van der Waals surface area contributed by atoms with Gasteiger partial charge in [-0.1, -0.05) is 13.8 Å². The molecule has 6 nitrogen and oxygen atoms in total. The Kier molecular flexibility index (Phi) is 4.54. The van der Waals surface area contributed by atoms with Crippen molar-refractivity contribution in [3.8, 4) is 0 Å². The third kappa shape index (κ3) is 4.77. The summed E-state index contributed by atoms with van der Waals surface area (Å²) in [6, 6.07) is 2.58. The van der Waals surface area contributed by atoms with E-state index in [4.69, 9.17) is 5.14 Å². The number of nitrogens with one attached hydrogen (secondary N) is 1. The molecule has 0 atom stereocenters. The molecule has 1 aromatic rings. The first-order valence-corrected chi connectivity index (χ1v) is 8.54. The van der Waals surface area contributed by atoms with Gasteiger partial charge in [0, 0.05) is 0 Å². The van der Waals surface area contributed by atoms with Crippen molar-refractivity contribution in [2.75, 3.05) is 10.5 Å². The lowest BCUT2D eigenvalue weighted by atomic mass is 10.3. The predicted molar refractivity (Wildman–Crippen MR) is 70.0 cm³/mol. The smallest absolute Gasteiger partial charge is 0.240 e. The van der Waals surface area contributed by atoms with Crippen LogP contribution in [0.15, 0.2) is 23.1 Å². The van der Waals surface area contributed by atoms with Gasteiger partial charge >= 0.3 is 0 Å². The average Bonchev–Trinajstić information content (AvgIpc) is 2.11. The number of halogens is 1. The highest BCUT2D eigenvalue weighted by molar-refractivity contribution is 7.93. The van der Waals surface area contributed by atoms with Gasteiger partial charge in [-0.3, -0.25) is 4.72 Å². The summed E-state index contributed by atoms with van der Waals surface area (Å²) in [5, 5.41) is 4.94. The molecule has 0 aliphatic rings. The number of sulfonamides is 2. The van der Waals surface area contributed by atoms with Gasteiger partial charge in [-0.15, -0.1) is 0 Å². The van der Waals surface area contributed by atoms with Crippen LogP contribution < -0.4 is 9.86 Å². The fourth-order valence-corrected chi connectivity index (χ4v) is 3.68. The molecule has 9 heteroatoms. The van der Waals surface area contributed by atoms with Gasteiger partial charge in [0.25, 0.3) is 0 Å². The molecule has 0 radical (unpaired) electrons. The summed E-state index contributed by atoms with van der Waals surface area (Å²) < 4.78 is 61.2. The predicted octanol–water partition coefficient (Wildman–Crippen LogP) is 0.871. The molecular weight excluding hydrogens is 295 g/mol. The summed E-state index contributed by atoms with van der Waals surface area (Å²) in [5.41, 5.74) is -0.386. The van der Waals surface area contributed by atoms with Crippen LogP contribution in [0.3, 0.4) is 0 Å². The Balaban J connectivity index is 3.24. The number of hydrogen-bond donors (Lipinski definition) is 2. The van der Waals surface area contributed by atoms with E-state index in [0.29, 0.717) is 0 Å². The maximum absolute atomic E-state index is 13.1. The molecule has 0 heterocycles. The molecule has 1 rings (SSSR count). The maximum atomic E-state index is 13.1. The molecule has 0 bridgehead atoms. The summed E-state index contributed by atoms with van der Waals surface area (Å²) in [5.74, 6) is -1.15. The second kappa shape index (κ2) is 5.43. The third-order valence-corrected chi connectivity index (χ3v) is 4.67. The van der Waals surface area contributed by atoms with Crippen LogP contribution in [-0.4, -0.2) is 22.6 Å². The van der Waals surface area contributed by atoms with Crippen molar-refractivity contribution in [3.63, 3.8) is 0 Å². The molecule has 0 aromatic heterocycles. The molecule has 0 fully saturated rings. The number of nitrogens with two attached hydrogens (primary N) is 1. The van der Waals surface area contributed by atoms with Gasteiger partial charge in [0.1, 0.15) is 10.7 Å². The van der Waals surface area contributed by atoms with Crippen LogP contribution in [-0.2, 0) is 20.0 Å². The largest absolute Gasteiger partial charge is 0.282 e. The van der Waals surface area contributed by atoms with Gasteiger partial charge < -0.3 is 0 Å². The van der Waals surface area contributed by atoms with E-state index >= 15 is 0 Å². The fraction of sp³-hybridized carbons (Fsp3) is 0.400. The summed E-state index contributed by atoms with van der Waals surface area (Å²) in [6.07, 6.45) is 0. The van der Waals surface area contributed by atoms with Crippen LogP contribution in [0, 0.1) is 11.7 Å². The molecule has 0 amide bonds. The first-order valence-electron chi connectivity index (χ1n) is 5.34. The Morgan fingerprint density at radius 1 is 1.26 bits per heavy atom. The number of anilines is 1. The van der Waals surface area contributed by atoms with E-state index in [1.54, 1.807) is 13.8 Å². The number of benzene rings is 1. The minimum absolute atomic E-state index is 0.163. The van der Waals surface area contributed by atoms with E-state index in [1.807, 2.05) is 4.72 Å². The molecule has 3 N–H and O–H groups in total. The summed E-state index contributed by atoms with van der Waals surface area (Å²) in [6.45, 7) is 3.37. The Morgan fingerprint density at radius 2 is 1.84 bits per heavy atom. The van der Waals surface area contributed by atoms with E-state index in [-0.39, 0.29) is 17.4 Å². The van der Waals surface area contributed by atoms with Crippen LogP contribution in [0.5, 0.6) is 0 Å². The molecule has 0 saturated heterocycles. The van der Waals surface area contributed by atoms with Crippen molar-refractivity contribution in [1.29, 1.82) is 0 Å². The SMILES string of the molecule is CC(C)CS(=O)(=O)Nc1cc(F)ccc1S(N)(=O)=O. The van der Waals surface area contributed by atoms with Crippen LogP contribution in [0.4, 0.5) is 10.1 Å². The topological polar surface area (TPSA) is 106 Å². The molecule has 0 aliphatic carbocycles. The zero-order valence-corrected chi connectivity index (χ0v) is 12.1. The zero-order chi connectivity index (χ0) is 14.8. The molecule has 0 spiro atoms. The normalized spacial score (nSPS) is 12.7. The van der Waals surface area contributed by atoms with Crippen molar-refractivity contribution >= 4 is 25.7 Å². The monoisotopic (exact) mass is 310 g/mol. The number of rotatable bonds is 5. The highest BCUT2D eigenvalue weighted by atomic mass is 32.2. The lowest BCUT2D eigenvalue weighted by Gasteiger charge is -2.12. The third-order valence-electron chi connectivity index (χ3n) is 2.07. The quantitative estimate of drug-likeness (QED) is 0.841. The first kappa shape index (κ1) is 15.9. The van der Waals surface area contributed by atoms with Gasteiger partial charge in [-0.2, -0.15) is 0 Å². The van der Waals surface area contributed by atoms with E-state index in [9.17, 15) is 21.2 Å². The molecule has 1 aromatic carbocycles. The Labute approximate surface area is 111 Å². The fourth-order valence-electron chi connectivity index (χ4n) is 1.48. The maximum Gasteiger partial charge on any atom is 0.240 e.